The van der Waals surface area contributed by atoms with E-state index < -0.39 is 17.7 Å². The highest BCUT2D eigenvalue weighted by Crippen LogP contribution is 2.38. The molecule has 0 radical (unpaired) electrons. The number of carbonyl (C=O) groups excluding carboxylic acids is 1. The first-order valence-electron chi connectivity index (χ1n) is 5.38. The zero-order valence-corrected chi connectivity index (χ0v) is 9.58. The van der Waals surface area contributed by atoms with Gasteiger partial charge in [0, 0.05) is 0 Å². The summed E-state index contributed by atoms with van der Waals surface area (Å²) in [5, 5.41) is 0. The van der Waals surface area contributed by atoms with Gasteiger partial charge in [-0.25, -0.2) is 0 Å². The maximum absolute atomic E-state index is 12.5. The number of methoxy groups -OCH3 is 1. The average Bonchev–Trinajstić information content (AvgIpc) is 3.11. The molecule has 0 N–H and O–H groups in total. The van der Waals surface area contributed by atoms with Crippen LogP contribution in [0.5, 0.6) is 11.5 Å². The third kappa shape index (κ3) is 2.75. The van der Waals surface area contributed by atoms with E-state index in [2.05, 4.69) is 0 Å². The molecule has 0 saturated heterocycles. The molecule has 0 heterocycles. The average molecular weight is 260 g/mol. The van der Waals surface area contributed by atoms with Crippen LogP contribution in [-0.4, -0.2) is 13.1 Å². The Morgan fingerprint density at radius 2 is 1.94 bits per heavy atom. The predicted octanol–water partition coefficient (Wildman–Crippen LogP) is 3.03. The summed E-state index contributed by atoms with van der Waals surface area (Å²) in [5.41, 5.74) is -0.873. The van der Waals surface area contributed by atoms with Crippen molar-refractivity contribution in [2.24, 2.45) is 5.92 Å². The summed E-state index contributed by atoms with van der Waals surface area (Å²) < 4.78 is 47.4. The highest BCUT2D eigenvalue weighted by molar-refractivity contribution is 5.78. The van der Waals surface area contributed by atoms with E-state index in [0.717, 1.165) is 31.0 Å². The quantitative estimate of drug-likeness (QED) is 0.619. The summed E-state index contributed by atoms with van der Waals surface area (Å²) >= 11 is 0. The standard InChI is InChI=1S/C12H11F3O3/c1-17-9-5-4-8(12(13,14)15)6-10(9)18-11(16)7-2-3-7/h4-7H,2-3H2,1H3. The lowest BCUT2D eigenvalue weighted by molar-refractivity contribution is -0.139. The van der Waals surface area contributed by atoms with Crippen LogP contribution >= 0.6 is 0 Å². The normalized spacial score (nSPS) is 15.3. The van der Waals surface area contributed by atoms with Gasteiger partial charge in [0.2, 0.25) is 0 Å². The Morgan fingerprint density at radius 1 is 1.28 bits per heavy atom. The number of halogens is 3. The van der Waals surface area contributed by atoms with E-state index >= 15 is 0 Å². The maximum atomic E-state index is 12.5. The Hall–Kier alpha value is -1.72. The lowest BCUT2D eigenvalue weighted by atomic mass is 10.2. The van der Waals surface area contributed by atoms with Crippen molar-refractivity contribution in [2.75, 3.05) is 7.11 Å². The van der Waals surface area contributed by atoms with Crippen LogP contribution in [0.1, 0.15) is 18.4 Å². The Kier molecular flexibility index (Phi) is 3.19. The van der Waals surface area contributed by atoms with Crippen molar-refractivity contribution >= 4 is 5.97 Å². The number of rotatable bonds is 3. The van der Waals surface area contributed by atoms with Gasteiger partial charge in [0.05, 0.1) is 18.6 Å². The van der Waals surface area contributed by atoms with Crippen molar-refractivity contribution in [3.8, 4) is 11.5 Å². The van der Waals surface area contributed by atoms with Gasteiger partial charge in [-0.1, -0.05) is 0 Å². The van der Waals surface area contributed by atoms with Crippen LogP contribution in [0.2, 0.25) is 0 Å². The molecule has 18 heavy (non-hydrogen) atoms. The zero-order valence-electron chi connectivity index (χ0n) is 9.58. The molecule has 0 bridgehead atoms. The van der Waals surface area contributed by atoms with Crippen LogP contribution in [0.25, 0.3) is 0 Å². The minimum Gasteiger partial charge on any atom is -0.493 e. The van der Waals surface area contributed by atoms with Crippen molar-refractivity contribution in [1.29, 1.82) is 0 Å². The molecule has 0 aromatic heterocycles. The summed E-state index contributed by atoms with van der Waals surface area (Å²) in [7, 11) is 1.30. The number of esters is 1. The molecular formula is C12H11F3O3. The van der Waals surface area contributed by atoms with Gasteiger partial charge in [-0.3, -0.25) is 4.79 Å². The van der Waals surface area contributed by atoms with Crippen molar-refractivity contribution in [3.05, 3.63) is 23.8 Å². The Labute approximate surface area is 102 Å². The highest BCUT2D eigenvalue weighted by atomic mass is 19.4. The highest BCUT2D eigenvalue weighted by Gasteiger charge is 2.34. The molecule has 0 atom stereocenters. The van der Waals surface area contributed by atoms with Crippen LogP contribution in [0.3, 0.4) is 0 Å². The summed E-state index contributed by atoms with van der Waals surface area (Å²) in [6, 6.07) is 2.80. The Morgan fingerprint density at radius 3 is 2.44 bits per heavy atom. The van der Waals surface area contributed by atoms with Crippen LogP contribution in [0, 0.1) is 5.92 Å². The van der Waals surface area contributed by atoms with E-state index in [1.807, 2.05) is 0 Å². The second kappa shape index (κ2) is 4.51. The van der Waals surface area contributed by atoms with E-state index in [-0.39, 0.29) is 17.4 Å². The number of carbonyl (C=O) groups is 1. The summed E-state index contributed by atoms with van der Waals surface area (Å²) in [5.74, 6) is -0.780. The molecule has 1 fully saturated rings. The van der Waals surface area contributed by atoms with Crippen molar-refractivity contribution in [2.45, 2.75) is 19.0 Å². The number of hydrogen-bond donors (Lipinski definition) is 0. The fraction of sp³-hybridized carbons (Fsp3) is 0.417. The van der Waals surface area contributed by atoms with Crippen LogP contribution in [0.15, 0.2) is 18.2 Å². The second-order valence-corrected chi connectivity index (χ2v) is 4.06. The summed E-state index contributed by atoms with van der Waals surface area (Å²) in [6.45, 7) is 0. The molecule has 0 amide bonds. The molecule has 0 aliphatic heterocycles. The molecule has 0 unspecified atom stereocenters. The fourth-order valence-corrected chi connectivity index (χ4v) is 1.44. The molecule has 1 aliphatic rings. The Bertz CT molecular complexity index is 464. The van der Waals surface area contributed by atoms with Crippen LogP contribution < -0.4 is 9.47 Å². The maximum Gasteiger partial charge on any atom is 0.416 e. The van der Waals surface area contributed by atoms with Gasteiger partial charge in [0.1, 0.15) is 0 Å². The van der Waals surface area contributed by atoms with Gasteiger partial charge in [0.25, 0.3) is 0 Å². The first-order valence-corrected chi connectivity index (χ1v) is 5.38. The van der Waals surface area contributed by atoms with Crippen LogP contribution in [-0.2, 0) is 11.0 Å². The molecule has 1 saturated carbocycles. The third-order valence-electron chi connectivity index (χ3n) is 2.61. The van der Waals surface area contributed by atoms with Gasteiger partial charge in [-0.15, -0.1) is 0 Å². The molecular weight excluding hydrogens is 249 g/mol. The lowest BCUT2D eigenvalue weighted by Gasteiger charge is -2.12. The monoisotopic (exact) mass is 260 g/mol. The molecule has 1 aromatic rings. The fourth-order valence-electron chi connectivity index (χ4n) is 1.44. The van der Waals surface area contributed by atoms with Crippen molar-refractivity contribution in [3.63, 3.8) is 0 Å². The molecule has 3 nitrogen and oxygen atoms in total. The van der Waals surface area contributed by atoms with E-state index in [9.17, 15) is 18.0 Å². The number of alkyl halides is 3. The zero-order chi connectivity index (χ0) is 13.3. The molecule has 1 aliphatic carbocycles. The number of ether oxygens (including phenoxy) is 2. The van der Waals surface area contributed by atoms with E-state index in [1.165, 1.54) is 7.11 Å². The minimum atomic E-state index is -4.48. The van der Waals surface area contributed by atoms with Gasteiger partial charge in [-0.2, -0.15) is 13.2 Å². The van der Waals surface area contributed by atoms with Gasteiger partial charge in [0.15, 0.2) is 11.5 Å². The van der Waals surface area contributed by atoms with Gasteiger partial charge < -0.3 is 9.47 Å². The Balaban J connectivity index is 2.27. The largest absolute Gasteiger partial charge is 0.493 e. The lowest BCUT2D eigenvalue weighted by Crippen LogP contribution is -2.12. The van der Waals surface area contributed by atoms with E-state index in [0.29, 0.717) is 0 Å². The summed E-state index contributed by atoms with van der Waals surface area (Å²) in [4.78, 5) is 11.4. The van der Waals surface area contributed by atoms with Crippen LogP contribution in [0.4, 0.5) is 13.2 Å². The molecule has 2 rings (SSSR count). The number of benzene rings is 1. The third-order valence-corrected chi connectivity index (χ3v) is 2.61. The smallest absolute Gasteiger partial charge is 0.416 e. The van der Waals surface area contributed by atoms with E-state index in [1.54, 1.807) is 0 Å². The van der Waals surface area contributed by atoms with Crippen molar-refractivity contribution < 1.29 is 27.4 Å². The number of hydrogen-bond acceptors (Lipinski definition) is 3. The SMILES string of the molecule is COc1ccc(C(F)(F)F)cc1OC(=O)C1CC1. The minimum absolute atomic E-state index is 0.108. The van der Waals surface area contributed by atoms with E-state index in [4.69, 9.17) is 9.47 Å². The summed E-state index contributed by atoms with van der Waals surface area (Å²) in [6.07, 6.45) is -3.03. The second-order valence-electron chi connectivity index (χ2n) is 4.06. The predicted molar refractivity (Wildman–Crippen MR) is 56.4 cm³/mol. The topological polar surface area (TPSA) is 35.5 Å². The van der Waals surface area contributed by atoms with Gasteiger partial charge in [-0.05, 0) is 31.0 Å². The molecule has 98 valence electrons. The molecule has 0 spiro atoms. The molecule has 6 heteroatoms. The van der Waals surface area contributed by atoms with Gasteiger partial charge >= 0.3 is 12.1 Å². The van der Waals surface area contributed by atoms with Crippen molar-refractivity contribution in [1.82, 2.24) is 0 Å². The first-order chi connectivity index (χ1) is 8.41. The first kappa shape index (κ1) is 12.7. The molecule has 1 aromatic carbocycles.